The summed E-state index contributed by atoms with van der Waals surface area (Å²) in [4.78, 5) is 0. The number of aliphatic hydroxyl groups is 1. The Hall–Kier alpha value is -0.890. The van der Waals surface area contributed by atoms with Gasteiger partial charge in [-0.3, -0.25) is 0 Å². The predicted molar refractivity (Wildman–Crippen MR) is 34.1 cm³/mol. The van der Waals surface area contributed by atoms with E-state index in [1.165, 1.54) is 12.2 Å². The maximum Gasteiger partial charge on any atom is 0.113 e. The Balaban J connectivity index is 3.80. The van der Waals surface area contributed by atoms with E-state index in [0.29, 0.717) is 0 Å². The highest BCUT2D eigenvalue weighted by Crippen LogP contribution is 1.86. The molecule has 8 heavy (non-hydrogen) atoms. The summed E-state index contributed by atoms with van der Waals surface area (Å²) in [6, 6.07) is 0. The molecule has 0 rings (SSSR count). The van der Waals surface area contributed by atoms with Gasteiger partial charge in [0.25, 0.3) is 0 Å². The van der Waals surface area contributed by atoms with Crippen molar-refractivity contribution in [1.82, 2.24) is 0 Å². The first-order valence-electron chi connectivity index (χ1n) is 2.24. The van der Waals surface area contributed by atoms with Crippen molar-refractivity contribution in [3.05, 3.63) is 25.3 Å². The molecule has 0 spiro atoms. The summed E-state index contributed by atoms with van der Waals surface area (Å²) in [5, 5.41) is 15.6. The first-order valence-corrected chi connectivity index (χ1v) is 2.24. The van der Waals surface area contributed by atoms with E-state index in [1.807, 2.05) is 0 Å². The van der Waals surface area contributed by atoms with E-state index in [9.17, 15) is 0 Å². The molecule has 2 N–H and O–H groups in total. The van der Waals surface area contributed by atoms with Crippen LogP contribution in [-0.2, 0) is 0 Å². The van der Waals surface area contributed by atoms with Gasteiger partial charge in [0.15, 0.2) is 0 Å². The smallest absolute Gasteiger partial charge is 0.113 e. The fraction of sp³-hybridized carbons (Fsp3) is 0.167. The van der Waals surface area contributed by atoms with Crippen LogP contribution in [-0.4, -0.2) is 16.9 Å². The van der Waals surface area contributed by atoms with Crippen LogP contribution in [0.5, 0.6) is 0 Å². The van der Waals surface area contributed by atoms with E-state index in [1.54, 1.807) is 0 Å². The number of hydrogen-bond donors (Lipinski definition) is 2. The van der Waals surface area contributed by atoms with Crippen LogP contribution in [0.3, 0.4) is 0 Å². The Bertz CT molecular complexity index is 118. The molecule has 0 aliphatic carbocycles. The Morgan fingerprint density at radius 3 is 2.25 bits per heavy atom. The Kier molecular flexibility index (Phi) is 2.80. The maximum absolute atomic E-state index is 8.71. The lowest BCUT2D eigenvalue weighted by atomic mass is 10.2. The number of hydrogen-bond acceptors (Lipinski definition) is 2. The van der Waals surface area contributed by atoms with Crippen LogP contribution in [0.4, 0.5) is 0 Å². The number of nitrogens with one attached hydrogen (secondary N) is 1. The van der Waals surface area contributed by atoms with Gasteiger partial charge in [-0.2, -0.15) is 0 Å². The summed E-state index contributed by atoms with van der Waals surface area (Å²) in [5.41, 5.74) is 0.0833. The summed E-state index contributed by atoms with van der Waals surface area (Å²) < 4.78 is 0. The van der Waals surface area contributed by atoms with Gasteiger partial charge in [0.2, 0.25) is 0 Å². The van der Waals surface area contributed by atoms with Crippen LogP contribution in [0.25, 0.3) is 0 Å². The molecule has 0 saturated carbocycles. The average molecular weight is 111 g/mol. The Morgan fingerprint density at radius 1 is 1.62 bits per heavy atom. The third kappa shape index (κ3) is 1.71. The summed E-state index contributed by atoms with van der Waals surface area (Å²) >= 11 is 0. The van der Waals surface area contributed by atoms with Crippen molar-refractivity contribution in [3.8, 4) is 0 Å². The standard InChI is InChI=1S/C6H9NO/c1-3-5(7)6(8)4-2/h3-4,6-8H,1-2H2. The van der Waals surface area contributed by atoms with Gasteiger partial charge in [0.1, 0.15) is 6.10 Å². The van der Waals surface area contributed by atoms with Gasteiger partial charge in [0, 0.05) is 0 Å². The highest BCUT2D eigenvalue weighted by Gasteiger charge is 1.98. The van der Waals surface area contributed by atoms with Crippen LogP contribution in [0.2, 0.25) is 0 Å². The number of rotatable bonds is 3. The van der Waals surface area contributed by atoms with Crippen LogP contribution < -0.4 is 0 Å². The third-order valence-electron chi connectivity index (χ3n) is 0.762. The molecule has 0 aliphatic rings. The lowest BCUT2D eigenvalue weighted by Crippen LogP contribution is -2.12. The zero-order valence-corrected chi connectivity index (χ0v) is 4.59. The fourth-order valence-corrected chi connectivity index (χ4v) is 0.248. The topological polar surface area (TPSA) is 44.1 Å². The molecule has 2 nitrogen and oxygen atoms in total. The van der Waals surface area contributed by atoms with Crippen LogP contribution in [0.15, 0.2) is 25.3 Å². The molecule has 1 atom stereocenters. The van der Waals surface area contributed by atoms with Gasteiger partial charge in [0.05, 0.1) is 5.71 Å². The summed E-state index contributed by atoms with van der Waals surface area (Å²) in [6.07, 6.45) is 1.71. The molecule has 0 fully saturated rings. The average Bonchev–Trinajstić information content (AvgIpc) is 1.84. The first kappa shape index (κ1) is 7.11. The minimum atomic E-state index is -0.854. The molecular weight excluding hydrogens is 102 g/mol. The minimum Gasteiger partial charge on any atom is -0.383 e. The number of aliphatic hydroxyl groups excluding tert-OH is 1. The van der Waals surface area contributed by atoms with Crippen molar-refractivity contribution in [2.45, 2.75) is 6.10 Å². The van der Waals surface area contributed by atoms with Crippen LogP contribution >= 0.6 is 0 Å². The summed E-state index contributed by atoms with van der Waals surface area (Å²) in [7, 11) is 0. The molecule has 0 amide bonds. The molecule has 0 radical (unpaired) electrons. The lowest BCUT2D eigenvalue weighted by Gasteiger charge is -1.98. The third-order valence-corrected chi connectivity index (χ3v) is 0.762. The first-order chi connectivity index (χ1) is 3.72. The molecule has 0 saturated heterocycles. The second kappa shape index (κ2) is 3.16. The summed E-state index contributed by atoms with van der Waals surface area (Å²) in [6.45, 7) is 6.59. The fourth-order valence-electron chi connectivity index (χ4n) is 0.248. The Labute approximate surface area is 48.7 Å². The molecule has 0 aromatic carbocycles. The van der Waals surface area contributed by atoms with Crippen molar-refractivity contribution < 1.29 is 5.11 Å². The van der Waals surface area contributed by atoms with E-state index in [4.69, 9.17) is 10.5 Å². The molecule has 0 aliphatic heterocycles. The SMILES string of the molecule is C=CC(=N)C(O)C=C. The van der Waals surface area contributed by atoms with Gasteiger partial charge in [-0.25, -0.2) is 0 Å². The maximum atomic E-state index is 8.71. The van der Waals surface area contributed by atoms with Gasteiger partial charge >= 0.3 is 0 Å². The van der Waals surface area contributed by atoms with Crippen LogP contribution in [0.1, 0.15) is 0 Å². The molecule has 2 heteroatoms. The van der Waals surface area contributed by atoms with Crippen molar-refractivity contribution in [2.75, 3.05) is 0 Å². The van der Waals surface area contributed by atoms with Crippen molar-refractivity contribution in [3.63, 3.8) is 0 Å². The molecule has 0 heterocycles. The molecule has 1 unspecified atom stereocenters. The zero-order chi connectivity index (χ0) is 6.57. The monoisotopic (exact) mass is 111 g/mol. The largest absolute Gasteiger partial charge is 0.383 e. The highest BCUT2D eigenvalue weighted by atomic mass is 16.3. The zero-order valence-electron chi connectivity index (χ0n) is 4.59. The molecular formula is C6H9NO. The van der Waals surface area contributed by atoms with Gasteiger partial charge in [-0.1, -0.05) is 12.7 Å². The van der Waals surface area contributed by atoms with E-state index < -0.39 is 6.10 Å². The van der Waals surface area contributed by atoms with E-state index in [-0.39, 0.29) is 5.71 Å². The second-order valence-electron chi connectivity index (χ2n) is 1.34. The van der Waals surface area contributed by atoms with Crippen LogP contribution in [0, 0.1) is 5.41 Å². The Morgan fingerprint density at radius 2 is 2.12 bits per heavy atom. The van der Waals surface area contributed by atoms with Gasteiger partial charge in [-0.05, 0) is 6.08 Å². The molecule has 0 aromatic heterocycles. The summed E-state index contributed by atoms with van der Waals surface area (Å²) in [5.74, 6) is 0. The van der Waals surface area contributed by atoms with Gasteiger partial charge in [-0.15, -0.1) is 6.58 Å². The van der Waals surface area contributed by atoms with Crippen molar-refractivity contribution in [1.29, 1.82) is 5.41 Å². The van der Waals surface area contributed by atoms with E-state index in [0.717, 1.165) is 0 Å². The normalized spacial score (nSPS) is 12.1. The lowest BCUT2D eigenvalue weighted by molar-refractivity contribution is 0.289. The minimum absolute atomic E-state index is 0.0833. The van der Waals surface area contributed by atoms with E-state index in [2.05, 4.69) is 13.2 Å². The predicted octanol–water partition coefficient (Wildman–Crippen LogP) is 0.739. The molecule has 44 valence electrons. The molecule has 0 bridgehead atoms. The van der Waals surface area contributed by atoms with E-state index >= 15 is 0 Å². The van der Waals surface area contributed by atoms with Gasteiger partial charge < -0.3 is 10.5 Å². The molecule has 0 aromatic rings. The second-order valence-corrected chi connectivity index (χ2v) is 1.34. The quantitative estimate of drug-likeness (QED) is 0.409. The van der Waals surface area contributed by atoms with Crippen molar-refractivity contribution in [2.24, 2.45) is 0 Å². The highest BCUT2D eigenvalue weighted by molar-refractivity contribution is 5.96. The van der Waals surface area contributed by atoms with Crippen molar-refractivity contribution >= 4 is 5.71 Å².